The molecule has 4 saturated carbocycles. The quantitative estimate of drug-likeness (QED) is 0.266. The maximum absolute atomic E-state index is 12.5. The molecule has 37 heavy (non-hydrogen) atoms. The van der Waals surface area contributed by atoms with E-state index in [0.29, 0.717) is 41.4 Å². The SMILES string of the molecule is CC[C@H]1C(OC(C)=O)[C@@H]2[C@H](CC[C@]3(C)C([C@H](C)CC/C=C/C#N)CC[C@@H]23)[C@@]2(C)CCC(OC(C)=O)C[C@@H]12. The second-order valence-electron chi connectivity index (χ2n) is 13.4. The third-order valence-electron chi connectivity index (χ3n) is 11.7. The monoisotopic (exact) mass is 511 g/mol. The fourth-order valence-corrected chi connectivity index (χ4v) is 10.3. The number of hydrogen-bond donors (Lipinski definition) is 0. The summed E-state index contributed by atoms with van der Waals surface area (Å²) in [5.74, 6) is 3.22. The van der Waals surface area contributed by atoms with E-state index in [2.05, 4.69) is 33.8 Å². The number of carbonyl (C=O) groups excluding carboxylic acids is 2. The number of esters is 2. The summed E-state index contributed by atoms with van der Waals surface area (Å²) < 4.78 is 12.1. The summed E-state index contributed by atoms with van der Waals surface area (Å²) in [6.07, 6.45) is 14.5. The highest BCUT2D eigenvalue weighted by Gasteiger charge is 2.66. The number of nitriles is 1. The van der Waals surface area contributed by atoms with Gasteiger partial charge in [-0.3, -0.25) is 9.59 Å². The molecule has 206 valence electrons. The molecule has 0 aromatic rings. The maximum Gasteiger partial charge on any atom is 0.302 e. The molecule has 11 atom stereocenters. The zero-order valence-electron chi connectivity index (χ0n) is 24.0. The van der Waals surface area contributed by atoms with Gasteiger partial charge < -0.3 is 9.47 Å². The Balaban J connectivity index is 1.64. The van der Waals surface area contributed by atoms with Crippen molar-refractivity contribution in [3.8, 4) is 6.07 Å². The number of ether oxygens (including phenoxy) is 2. The van der Waals surface area contributed by atoms with Gasteiger partial charge in [0, 0.05) is 25.8 Å². The molecule has 0 bridgehead atoms. The van der Waals surface area contributed by atoms with Crippen LogP contribution in [0.25, 0.3) is 0 Å². The van der Waals surface area contributed by atoms with Gasteiger partial charge in [0.05, 0.1) is 6.07 Å². The molecule has 0 heterocycles. The average molecular weight is 512 g/mol. The Morgan fingerprint density at radius 3 is 2.32 bits per heavy atom. The van der Waals surface area contributed by atoms with Gasteiger partial charge in [0.25, 0.3) is 0 Å². The van der Waals surface area contributed by atoms with Gasteiger partial charge in [-0.05, 0) is 111 Å². The summed E-state index contributed by atoms with van der Waals surface area (Å²) in [5, 5.41) is 8.84. The van der Waals surface area contributed by atoms with Gasteiger partial charge in [-0.25, -0.2) is 0 Å². The molecule has 5 heteroatoms. The van der Waals surface area contributed by atoms with Crippen LogP contribution in [-0.4, -0.2) is 24.1 Å². The first kappa shape index (κ1) is 28.2. The molecule has 5 nitrogen and oxygen atoms in total. The zero-order chi connectivity index (χ0) is 27.0. The van der Waals surface area contributed by atoms with Crippen LogP contribution in [0.1, 0.15) is 106 Å². The lowest BCUT2D eigenvalue weighted by Gasteiger charge is -2.65. The van der Waals surface area contributed by atoms with Crippen LogP contribution < -0.4 is 0 Å². The molecule has 4 aliphatic carbocycles. The number of nitrogens with zero attached hydrogens (tertiary/aromatic N) is 1. The van der Waals surface area contributed by atoms with E-state index < -0.39 is 0 Å². The second kappa shape index (κ2) is 11.1. The third kappa shape index (κ3) is 5.11. The Kier molecular flexibility index (Phi) is 8.46. The highest BCUT2D eigenvalue weighted by molar-refractivity contribution is 5.66. The highest BCUT2D eigenvalue weighted by atomic mass is 16.5. The normalized spacial score (nSPS) is 43.7. The van der Waals surface area contributed by atoms with Crippen molar-refractivity contribution in [2.75, 3.05) is 0 Å². The summed E-state index contributed by atoms with van der Waals surface area (Å²) in [7, 11) is 0. The summed E-state index contributed by atoms with van der Waals surface area (Å²) in [5.41, 5.74) is 0.472. The molecule has 4 rings (SSSR count). The fraction of sp³-hybridized carbons (Fsp3) is 0.844. The van der Waals surface area contributed by atoms with Crippen molar-refractivity contribution in [3.05, 3.63) is 12.2 Å². The predicted molar refractivity (Wildman–Crippen MR) is 144 cm³/mol. The number of rotatable bonds is 7. The highest BCUT2D eigenvalue weighted by Crippen LogP contribution is 2.70. The minimum absolute atomic E-state index is 0.0141. The first-order valence-electron chi connectivity index (χ1n) is 15.0. The molecule has 3 unspecified atom stereocenters. The van der Waals surface area contributed by atoms with E-state index in [1.54, 1.807) is 13.0 Å². The van der Waals surface area contributed by atoms with Crippen molar-refractivity contribution in [1.29, 1.82) is 5.26 Å². The number of hydrogen-bond acceptors (Lipinski definition) is 5. The van der Waals surface area contributed by atoms with Gasteiger partial charge in [-0.15, -0.1) is 0 Å². The molecular formula is C32H49NO4. The Bertz CT molecular complexity index is 922. The predicted octanol–water partition coefficient (Wildman–Crippen LogP) is 7.25. The van der Waals surface area contributed by atoms with Crippen molar-refractivity contribution >= 4 is 11.9 Å². The molecule has 0 saturated heterocycles. The largest absolute Gasteiger partial charge is 0.463 e. The lowest BCUT2D eigenvalue weighted by molar-refractivity contribution is -0.219. The first-order chi connectivity index (χ1) is 17.6. The van der Waals surface area contributed by atoms with Gasteiger partial charge in [-0.1, -0.05) is 33.8 Å². The molecule has 0 aliphatic heterocycles. The smallest absolute Gasteiger partial charge is 0.302 e. The molecule has 0 spiro atoms. The zero-order valence-corrected chi connectivity index (χ0v) is 24.0. The summed E-state index contributed by atoms with van der Waals surface area (Å²) in [4.78, 5) is 24.3. The van der Waals surface area contributed by atoms with E-state index in [-0.39, 0.29) is 35.0 Å². The fourth-order valence-electron chi connectivity index (χ4n) is 10.3. The molecular weight excluding hydrogens is 462 g/mol. The molecule has 0 radical (unpaired) electrons. The maximum atomic E-state index is 12.5. The van der Waals surface area contributed by atoms with Crippen molar-refractivity contribution in [3.63, 3.8) is 0 Å². The van der Waals surface area contributed by atoms with Gasteiger partial charge >= 0.3 is 11.9 Å². The number of allylic oxidation sites excluding steroid dienone is 2. The van der Waals surface area contributed by atoms with Crippen LogP contribution in [-0.2, 0) is 19.1 Å². The van der Waals surface area contributed by atoms with Gasteiger partial charge in [0.15, 0.2) is 0 Å². The Morgan fingerprint density at radius 2 is 1.68 bits per heavy atom. The minimum Gasteiger partial charge on any atom is -0.463 e. The second-order valence-corrected chi connectivity index (χ2v) is 13.4. The van der Waals surface area contributed by atoms with Crippen molar-refractivity contribution in [2.45, 2.75) is 118 Å². The molecule has 4 aliphatic rings. The van der Waals surface area contributed by atoms with Crippen molar-refractivity contribution in [2.24, 2.45) is 52.3 Å². The first-order valence-corrected chi connectivity index (χ1v) is 15.0. The van der Waals surface area contributed by atoms with Crippen molar-refractivity contribution < 1.29 is 19.1 Å². The van der Waals surface area contributed by atoms with Crippen LogP contribution >= 0.6 is 0 Å². The standard InChI is InChI=1S/C32H49NO4/c1-7-24-28-19-23(36-21(3)34)14-16-32(28,6)27-15-17-31(5)25(20(2)11-9-8-10-18-33)12-13-26(31)29(27)30(24)37-22(4)35/h8,10,20,23-30H,7,9,11-17,19H2,1-6H3/b10-8+/t20-,23?,24-,25?,26+,27+,28+,29+,30?,31-,32-/m1/s1. The van der Waals surface area contributed by atoms with E-state index in [9.17, 15) is 9.59 Å². The molecule has 0 aromatic heterocycles. The van der Waals surface area contributed by atoms with E-state index >= 15 is 0 Å². The minimum atomic E-state index is -0.186. The third-order valence-corrected chi connectivity index (χ3v) is 11.7. The van der Waals surface area contributed by atoms with Gasteiger partial charge in [0.2, 0.25) is 0 Å². The molecule has 0 aromatic carbocycles. The van der Waals surface area contributed by atoms with E-state index in [4.69, 9.17) is 14.7 Å². The van der Waals surface area contributed by atoms with Gasteiger partial charge in [0.1, 0.15) is 12.2 Å². The summed E-state index contributed by atoms with van der Waals surface area (Å²) in [6, 6.07) is 2.12. The summed E-state index contributed by atoms with van der Waals surface area (Å²) >= 11 is 0. The van der Waals surface area contributed by atoms with Crippen LogP contribution in [0.4, 0.5) is 0 Å². The van der Waals surface area contributed by atoms with Crippen LogP contribution in [0.5, 0.6) is 0 Å². The van der Waals surface area contributed by atoms with Crippen LogP contribution in [0.15, 0.2) is 12.2 Å². The lowest BCUT2D eigenvalue weighted by Crippen LogP contribution is -2.63. The topological polar surface area (TPSA) is 76.4 Å². The van der Waals surface area contributed by atoms with E-state index in [1.165, 1.54) is 32.6 Å². The average Bonchev–Trinajstić information content (AvgIpc) is 3.19. The lowest BCUT2D eigenvalue weighted by atomic mass is 9.41. The van der Waals surface area contributed by atoms with E-state index in [0.717, 1.165) is 38.5 Å². The van der Waals surface area contributed by atoms with Crippen LogP contribution in [0, 0.1) is 63.6 Å². The Hall–Kier alpha value is -1.83. The summed E-state index contributed by atoms with van der Waals surface area (Å²) in [6.45, 7) is 12.8. The molecule has 0 N–H and O–H groups in total. The number of fused-ring (bicyclic) bond motifs is 5. The Labute approximate surface area is 224 Å². The number of carbonyl (C=O) groups is 2. The Morgan fingerprint density at radius 1 is 1.00 bits per heavy atom. The van der Waals surface area contributed by atoms with Gasteiger partial charge in [-0.2, -0.15) is 5.26 Å². The van der Waals surface area contributed by atoms with E-state index in [1.807, 2.05) is 6.08 Å². The molecule has 4 fully saturated rings. The van der Waals surface area contributed by atoms with Crippen LogP contribution in [0.3, 0.4) is 0 Å². The molecule has 0 amide bonds. The van der Waals surface area contributed by atoms with Crippen molar-refractivity contribution in [1.82, 2.24) is 0 Å². The van der Waals surface area contributed by atoms with Crippen LogP contribution in [0.2, 0.25) is 0 Å².